The van der Waals surface area contributed by atoms with E-state index < -0.39 is 0 Å². The fraction of sp³-hybridized carbons (Fsp3) is 0.500. The number of nitrogens with zero attached hydrogens (tertiary/aromatic N) is 1. The molecule has 1 aliphatic rings. The van der Waals surface area contributed by atoms with E-state index in [1.54, 1.807) is 12.1 Å². The third-order valence-corrected chi connectivity index (χ3v) is 3.49. The number of nitriles is 1. The highest BCUT2D eigenvalue weighted by Crippen LogP contribution is 2.24. The van der Waals surface area contributed by atoms with Crippen molar-refractivity contribution in [1.29, 1.82) is 5.26 Å². The van der Waals surface area contributed by atoms with Crippen molar-refractivity contribution < 1.29 is 4.74 Å². The molecule has 96 valence electrons. The van der Waals surface area contributed by atoms with Gasteiger partial charge < -0.3 is 15.8 Å². The van der Waals surface area contributed by atoms with E-state index in [1.165, 1.54) is 0 Å². The number of rotatable bonds is 4. The standard InChI is InChI=1S/C14H19N3O/c1-2-14-10(5-6-18-14)9-17-12-3-4-13(16)11(7-12)8-15/h3-4,7,10,14,17H,2,5-6,9,16H2,1H3. The Morgan fingerprint density at radius 3 is 3.11 bits per heavy atom. The summed E-state index contributed by atoms with van der Waals surface area (Å²) < 4.78 is 5.65. The average Bonchev–Trinajstić information content (AvgIpc) is 2.85. The fourth-order valence-electron chi connectivity index (χ4n) is 2.39. The van der Waals surface area contributed by atoms with E-state index in [-0.39, 0.29) is 0 Å². The number of hydrogen-bond acceptors (Lipinski definition) is 4. The molecule has 1 heterocycles. The number of anilines is 2. The van der Waals surface area contributed by atoms with Crippen LogP contribution in [0.2, 0.25) is 0 Å². The van der Waals surface area contributed by atoms with Crippen LogP contribution in [0.3, 0.4) is 0 Å². The molecule has 4 nitrogen and oxygen atoms in total. The third-order valence-electron chi connectivity index (χ3n) is 3.49. The second-order valence-electron chi connectivity index (χ2n) is 4.66. The number of nitrogens with one attached hydrogen (secondary N) is 1. The van der Waals surface area contributed by atoms with Gasteiger partial charge in [-0.15, -0.1) is 0 Å². The summed E-state index contributed by atoms with van der Waals surface area (Å²) in [5, 5.41) is 12.3. The lowest BCUT2D eigenvalue weighted by Gasteiger charge is -2.18. The zero-order chi connectivity index (χ0) is 13.0. The smallest absolute Gasteiger partial charge is 0.101 e. The normalized spacial score (nSPS) is 22.7. The summed E-state index contributed by atoms with van der Waals surface area (Å²) in [7, 11) is 0. The summed E-state index contributed by atoms with van der Waals surface area (Å²) in [4.78, 5) is 0. The highest BCUT2D eigenvalue weighted by molar-refractivity contribution is 5.61. The van der Waals surface area contributed by atoms with Gasteiger partial charge in [0.2, 0.25) is 0 Å². The Bertz CT molecular complexity index is 453. The first-order chi connectivity index (χ1) is 8.74. The molecule has 1 aromatic carbocycles. The summed E-state index contributed by atoms with van der Waals surface area (Å²) in [6, 6.07) is 7.57. The quantitative estimate of drug-likeness (QED) is 0.799. The maximum atomic E-state index is 8.92. The van der Waals surface area contributed by atoms with Crippen molar-refractivity contribution in [2.24, 2.45) is 5.92 Å². The molecule has 0 spiro atoms. The predicted molar refractivity (Wildman–Crippen MR) is 72.2 cm³/mol. The first-order valence-electron chi connectivity index (χ1n) is 6.39. The van der Waals surface area contributed by atoms with Gasteiger partial charge in [-0.1, -0.05) is 6.92 Å². The van der Waals surface area contributed by atoms with Crippen LogP contribution in [0.5, 0.6) is 0 Å². The Labute approximate surface area is 108 Å². The highest BCUT2D eigenvalue weighted by atomic mass is 16.5. The van der Waals surface area contributed by atoms with Crippen molar-refractivity contribution in [1.82, 2.24) is 0 Å². The van der Waals surface area contributed by atoms with Crippen molar-refractivity contribution in [2.75, 3.05) is 24.2 Å². The Balaban J connectivity index is 1.96. The summed E-state index contributed by atoms with van der Waals surface area (Å²) in [5.74, 6) is 0.554. The second kappa shape index (κ2) is 5.74. The SMILES string of the molecule is CCC1OCCC1CNc1ccc(N)c(C#N)c1. The predicted octanol–water partition coefficient (Wildman–Crippen LogP) is 2.37. The summed E-state index contributed by atoms with van der Waals surface area (Å²) in [6.45, 7) is 3.89. The molecular formula is C14H19N3O. The molecule has 1 fully saturated rings. The first kappa shape index (κ1) is 12.7. The van der Waals surface area contributed by atoms with Gasteiger partial charge in [-0.05, 0) is 31.0 Å². The van der Waals surface area contributed by atoms with E-state index in [0.29, 0.717) is 23.3 Å². The monoisotopic (exact) mass is 245 g/mol. The van der Waals surface area contributed by atoms with Crippen LogP contribution in [0.25, 0.3) is 0 Å². The first-order valence-corrected chi connectivity index (χ1v) is 6.39. The molecule has 2 rings (SSSR count). The molecule has 0 amide bonds. The van der Waals surface area contributed by atoms with Gasteiger partial charge in [-0.2, -0.15) is 5.26 Å². The van der Waals surface area contributed by atoms with Crippen molar-refractivity contribution >= 4 is 11.4 Å². The maximum Gasteiger partial charge on any atom is 0.101 e. The molecule has 3 N–H and O–H groups in total. The average molecular weight is 245 g/mol. The van der Waals surface area contributed by atoms with Gasteiger partial charge in [0.25, 0.3) is 0 Å². The lowest BCUT2D eigenvalue weighted by Crippen LogP contribution is -2.22. The third kappa shape index (κ3) is 2.74. The summed E-state index contributed by atoms with van der Waals surface area (Å²) in [6.07, 6.45) is 2.52. The molecular weight excluding hydrogens is 226 g/mol. The second-order valence-corrected chi connectivity index (χ2v) is 4.66. The number of ether oxygens (including phenoxy) is 1. The molecule has 18 heavy (non-hydrogen) atoms. The lowest BCUT2D eigenvalue weighted by atomic mass is 9.99. The highest BCUT2D eigenvalue weighted by Gasteiger charge is 2.26. The molecule has 4 heteroatoms. The van der Waals surface area contributed by atoms with Gasteiger partial charge in [0.15, 0.2) is 0 Å². The van der Waals surface area contributed by atoms with Crippen LogP contribution in [-0.4, -0.2) is 19.3 Å². The zero-order valence-corrected chi connectivity index (χ0v) is 10.6. The molecule has 0 radical (unpaired) electrons. The molecule has 2 atom stereocenters. The Morgan fingerprint density at radius 2 is 2.39 bits per heavy atom. The number of nitrogen functional groups attached to an aromatic ring is 1. The minimum absolute atomic E-state index is 0.363. The van der Waals surface area contributed by atoms with E-state index >= 15 is 0 Å². The number of hydrogen-bond donors (Lipinski definition) is 2. The Kier molecular flexibility index (Phi) is 4.06. The van der Waals surface area contributed by atoms with Crippen molar-refractivity contribution in [2.45, 2.75) is 25.9 Å². The number of benzene rings is 1. The van der Waals surface area contributed by atoms with Gasteiger partial charge in [0, 0.05) is 30.4 Å². The molecule has 2 unspecified atom stereocenters. The van der Waals surface area contributed by atoms with Crippen LogP contribution in [0.4, 0.5) is 11.4 Å². The van der Waals surface area contributed by atoms with Gasteiger partial charge in [0.1, 0.15) is 6.07 Å². The van der Waals surface area contributed by atoms with Crippen LogP contribution in [0, 0.1) is 17.2 Å². The van der Waals surface area contributed by atoms with Gasteiger partial charge in [-0.3, -0.25) is 0 Å². The van der Waals surface area contributed by atoms with Gasteiger partial charge in [0.05, 0.1) is 11.7 Å². The van der Waals surface area contributed by atoms with Crippen LogP contribution in [-0.2, 0) is 4.74 Å². The molecule has 0 saturated carbocycles. The topological polar surface area (TPSA) is 71.1 Å². The number of nitrogens with two attached hydrogens (primary N) is 1. The molecule has 0 aliphatic carbocycles. The zero-order valence-electron chi connectivity index (χ0n) is 10.6. The molecule has 1 saturated heterocycles. The van der Waals surface area contributed by atoms with Crippen LogP contribution in [0.1, 0.15) is 25.3 Å². The minimum atomic E-state index is 0.363. The van der Waals surface area contributed by atoms with E-state index in [1.807, 2.05) is 6.07 Å². The molecule has 0 aromatic heterocycles. The van der Waals surface area contributed by atoms with Gasteiger partial charge in [-0.25, -0.2) is 0 Å². The van der Waals surface area contributed by atoms with Crippen LogP contribution >= 0.6 is 0 Å². The fourth-order valence-corrected chi connectivity index (χ4v) is 2.39. The van der Waals surface area contributed by atoms with E-state index in [9.17, 15) is 0 Å². The minimum Gasteiger partial charge on any atom is -0.398 e. The van der Waals surface area contributed by atoms with Crippen LogP contribution < -0.4 is 11.1 Å². The van der Waals surface area contributed by atoms with Crippen molar-refractivity contribution in [3.05, 3.63) is 23.8 Å². The molecule has 1 aliphatic heterocycles. The van der Waals surface area contributed by atoms with Gasteiger partial charge >= 0.3 is 0 Å². The van der Waals surface area contributed by atoms with Crippen LogP contribution in [0.15, 0.2) is 18.2 Å². The van der Waals surface area contributed by atoms with E-state index in [2.05, 4.69) is 18.3 Å². The maximum absolute atomic E-state index is 8.92. The molecule has 0 bridgehead atoms. The van der Waals surface area contributed by atoms with E-state index in [0.717, 1.165) is 31.7 Å². The summed E-state index contributed by atoms with van der Waals surface area (Å²) in [5.41, 5.74) is 7.69. The van der Waals surface area contributed by atoms with E-state index in [4.69, 9.17) is 15.7 Å². The summed E-state index contributed by atoms with van der Waals surface area (Å²) >= 11 is 0. The Hall–Kier alpha value is -1.73. The van der Waals surface area contributed by atoms with Crippen molar-refractivity contribution in [3.63, 3.8) is 0 Å². The lowest BCUT2D eigenvalue weighted by molar-refractivity contribution is 0.0900. The largest absolute Gasteiger partial charge is 0.398 e. The van der Waals surface area contributed by atoms with Crippen molar-refractivity contribution in [3.8, 4) is 6.07 Å². The Morgan fingerprint density at radius 1 is 1.56 bits per heavy atom. The molecule has 1 aromatic rings.